The van der Waals surface area contributed by atoms with Crippen molar-refractivity contribution in [3.05, 3.63) is 224 Å². The molecule has 290 valence electrons. The van der Waals surface area contributed by atoms with Crippen LogP contribution in [0.5, 0.6) is 0 Å². The average molecular weight is 792 g/mol. The van der Waals surface area contributed by atoms with E-state index in [0.717, 1.165) is 55.7 Å². The maximum absolute atomic E-state index is 5.19. The van der Waals surface area contributed by atoms with E-state index in [2.05, 4.69) is 209 Å². The van der Waals surface area contributed by atoms with Crippen molar-refractivity contribution in [2.24, 2.45) is 0 Å². The normalized spacial score (nSPS) is 11.5. The second-order valence-electron chi connectivity index (χ2n) is 15.7. The lowest BCUT2D eigenvalue weighted by atomic mass is 10.0. The van der Waals surface area contributed by atoms with Crippen LogP contribution >= 0.6 is 0 Å². The first kappa shape index (κ1) is 35.5. The SMILES string of the molecule is c1ccc(-c2cccc(-c3nc(-c4ccccc4)nc(-c4cccc(-n5c6ccccc6c6cc7c8ccccc8n(-c8cccc(-c9ccccc9)c8)c7cc65)c4)n3)c2)cc1. The molecule has 0 atom stereocenters. The summed E-state index contributed by atoms with van der Waals surface area (Å²) in [7, 11) is 0. The van der Waals surface area contributed by atoms with E-state index >= 15 is 0 Å². The topological polar surface area (TPSA) is 48.5 Å². The summed E-state index contributed by atoms with van der Waals surface area (Å²) in [4.78, 5) is 15.4. The predicted molar refractivity (Wildman–Crippen MR) is 256 cm³/mol. The predicted octanol–water partition coefficient (Wildman–Crippen LogP) is 14.4. The molecule has 0 saturated carbocycles. The van der Waals surface area contributed by atoms with E-state index in [1.807, 2.05) is 24.3 Å². The number of hydrogen-bond acceptors (Lipinski definition) is 3. The van der Waals surface area contributed by atoms with Gasteiger partial charge in [-0.1, -0.05) is 170 Å². The number of rotatable bonds is 7. The van der Waals surface area contributed by atoms with Gasteiger partial charge in [-0.15, -0.1) is 0 Å². The Bertz CT molecular complexity index is 3620. The number of aromatic nitrogens is 5. The Balaban J connectivity index is 1.05. The number of benzene rings is 9. The first-order valence-corrected chi connectivity index (χ1v) is 20.9. The molecule has 0 radical (unpaired) electrons. The van der Waals surface area contributed by atoms with Crippen LogP contribution in [0.25, 0.3) is 111 Å². The van der Waals surface area contributed by atoms with Crippen LogP contribution in [0.4, 0.5) is 0 Å². The zero-order valence-electron chi connectivity index (χ0n) is 33.6. The minimum absolute atomic E-state index is 0.613. The van der Waals surface area contributed by atoms with E-state index in [1.165, 1.54) is 38.2 Å². The van der Waals surface area contributed by atoms with E-state index in [9.17, 15) is 0 Å². The molecule has 5 nitrogen and oxygen atoms in total. The van der Waals surface area contributed by atoms with Crippen LogP contribution in [0.3, 0.4) is 0 Å². The number of para-hydroxylation sites is 2. The molecular weight excluding hydrogens is 755 g/mol. The Morgan fingerprint density at radius 3 is 1.13 bits per heavy atom. The molecule has 0 saturated heterocycles. The third kappa shape index (κ3) is 6.06. The van der Waals surface area contributed by atoms with E-state index in [4.69, 9.17) is 15.0 Å². The van der Waals surface area contributed by atoms with Crippen molar-refractivity contribution in [1.82, 2.24) is 24.1 Å². The molecule has 0 unspecified atom stereocenters. The summed E-state index contributed by atoms with van der Waals surface area (Å²) in [6.07, 6.45) is 0. The Morgan fingerprint density at radius 1 is 0.226 bits per heavy atom. The van der Waals surface area contributed by atoms with Crippen LogP contribution in [0, 0.1) is 0 Å². The third-order valence-electron chi connectivity index (χ3n) is 11.9. The van der Waals surface area contributed by atoms with Gasteiger partial charge in [-0.3, -0.25) is 0 Å². The van der Waals surface area contributed by atoms with Gasteiger partial charge in [0.05, 0.1) is 22.1 Å². The molecule has 12 rings (SSSR count). The molecule has 0 spiro atoms. The third-order valence-corrected chi connectivity index (χ3v) is 11.9. The molecule has 0 amide bonds. The molecule has 0 fully saturated rings. The van der Waals surface area contributed by atoms with Gasteiger partial charge in [0.1, 0.15) is 0 Å². The molecule has 0 N–H and O–H groups in total. The Hall–Kier alpha value is -8.41. The summed E-state index contributed by atoms with van der Waals surface area (Å²) in [5.41, 5.74) is 14.1. The van der Waals surface area contributed by atoms with Crippen LogP contribution in [0.2, 0.25) is 0 Å². The molecule has 12 aromatic rings. The minimum atomic E-state index is 0.613. The largest absolute Gasteiger partial charge is 0.309 e. The summed E-state index contributed by atoms with van der Waals surface area (Å²) in [6, 6.07) is 79.3. The number of fused-ring (bicyclic) bond motifs is 6. The highest BCUT2D eigenvalue weighted by molar-refractivity contribution is 6.19. The van der Waals surface area contributed by atoms with Crippen molar-refractivity contribution in [2.75, 3.05) is 0 Å². The van der Waals surface area contributed by atoms with Crippen LogP contribution < -0.4 is 0 Å². The zero-order valence-corrected chi connectivity index (χ0v) is 33.6. The van der Waals surface area contributed by atoms with E-state index in [0.29, 0.717) is 17.5 Å². The van der Waals surface area contributed by atoms with E-state index in [-0.39, 0.29) is 0 Å². The van der Waals surface area contributed by atoms with Crippen LogP contribution in [-0.2, 0) is 0 Å². The van der Waals surface area contributed by atoms with Crippen molar-refractivity contribution >= 4 is 43.6 Å². The molecule has 0 aliphatic heterocycles. The summed E-state index contributed by atoms with van der Waals surface area (Å²) in [5.74, 6) is 1.87. The van der Waals surface area contributed by atoms with Gasteiger partial charge in [0.2, 0.25) is 0 Å². The number of hydrogen-bond donors (Lipinski definition) is 0. The van der Waals surface area contributed by atoms with Gasteiger partial charge >= 0.3 is 0 Å². The van der Waals surface area contributed by atoms with Crippen molar-refractivity contribution in [3.63, 3.8) is 0 Å². The maximum atomic E-state index is 5.19. The van der Waals surface area contributed by atoms with Crippen molar-refractivity contribution in [1.29, 1.82) is 0 Å². The quantitative estimate of drug-likeness (QED) is 0.162. The second-order valence-corrected chi connectivity index (χ2v) is 15.7. The summed E-state index contributed by atoms with van der Waals surface area (Å²) in [5, 5.41) is 4.84. The van der Waals surface area contributed by atoms with Gasteiger partial charge in [0.25, 0.3) is 0 Å². The molecule has 3 heterocycles. The smallest absolute Gasteiger partial charge is 0.164 e. The summed E-state index contributed by atoms with van der Waals surface area (Å²) in [6.45, 7) is 0. The minimum Gasteiger partial charge on any atom is -0.309 e. The molecule has 0 bridgehead atoms. The highest BCUT2D eigenvalue weighted by Gasteiger charge is 2.20. The van der Waals surface area contributed by atoms with Crippen LogP contribution in [0.1, 0.15) is 0 Å². The lowest BCUT2D eigenvalue weighted by Crippen LogP contribution is -2.01. The molecule has 62 heavy (non-hydrogen) atoms. The molecule has 0 aliphatic rings. The van der Waals surface area contributed by atoms with Gasteiger partial charge in [0, 0.05) is 49.6 Å². The summed E-state index contributed by atoms with van der Waals surface area (Å²) >= 11 is 0. The van der Waals surface area contributed by atoms with Crippen molar-refractivity contribution in [3.8, 4) is 67.8 Å². The van der Waals surface area contributed by atoms with Crippen LogP contribution in [-0.4, -0.2) is 24.1 Å². The second kappa shape index (κ2) is 14.7. The van der Waals surface area contributed by atoms with Gasteiger partial charge in [0.15, 0.2) is 17.5 Å². The Morgan fingerprint density at radius 2 is 0.597 bits per heavy atom. The van der Waals surface area contributed by atoms with E-state index < -0.39 is 0 Å². The lowest BCUT2D eigenvalue weighted by Gasteiger charge is -2.13. The maximum Gasteiger partial charge on any atom is 0.164 e. The lowest BCUT2D eigenvalue weighted by molar-refractivity contribution is 1.07. The monoisotopic (exact) mass is 791 g/mol. The highest BCUT2D eigenvalue weighted by Crippen LogP contribution is 2.40. The van der Waals surface area contributed by atoms with Crippen molar-refractivity contribution < 1.29 is 0 Å². The Kier molecular flexibility index (Phi) is 8.42. The number of nitrogens with zero attached hydrogens (tertiary/aromatic N) is 5. The molecule has 3 aromatic heterocycles. The fourth-order valence-corrected chi connectivity index (χ4v) is 9.05. The van der Waals surface area contributed by atoms with Gasteiger partial charge in [-0.25, -0.2) is 15.0 Å². The highest BCUT2D eigenvalue weighted by atomic mass is 15.0. The first-order valence-electron chi connectivity index (χ1n) is 20.9. The molecule has 9 aromatic carbocycles. The molecule has 5 heteroatoms. The van der Waals surface area contributed by atoms with Gasteiger partial charge < -0.3 is 9.13 Å². The zero-order chi connectivity index (χ0) is 41.0. The average Bonchev–Trinajstić information content (AvgIpc) is 3.86. The first-order chi connectivity index (χ1) is 30.7. The standard InChI is InChI=1S/C57H37N5/c1-4-17-38(18-5-1)41-23-14-25-43(33-41)56-58-55(40-21-8-3-9-22-40)59-57(60-56)44-26-16-28-46(35-44)62-52-32-13-11-30-48(52)50-36-49-47-29-10-12-31-51(47)61(53(49)37-54(50)62)45-27-15-24-42(34-45)39-19-6-2-7-20-39/h1-37H. The Labute approximate surface area is 358 Å². The summed E-state index contributed by atoms with van der Waals surface area (Å²) < 4.78 is 4.80. The fourth-order valence-electron chi connectivity index (χ4n) is 9.05. The van der Waals surface area contributed by atoms with Crippen LogP contribution in [0.15, 0.2) is 224 Å². The van der Waals surface area contributed by atoms with Gasteiger partial charge in [-0.2, -0.15) is 0 Å². The van der Waals surface area contributed by atoms with E-state index in [1.54, 1.807) is 0 Å². The van der Waals surface area contributed by atoms with Gasteiger partial charge in [-0.05, 0) is 76.9 Å². The van der Waals surface area contributed by atoms with Crippen molar-refractivity contribution in [2.45, 2.75) is 0 Å². The molecular formula is C57H37N5. The fraction of sp³-hybridized carbons (Fsp3) is 0. The molecule has 0 aliphatic carbocycles.